The second-order valence-electron chi connectivity index (χ2n) is 3.28. The molecule has 0 amide bonds. The first kappa shape index (κ1) is 12.9. The molecule has 0 aromatic carbocycles. The van der Waals surface area contributed by atoms with E-state index in [1.54, 1.807) is 12.4 Å². The van der Waals surface area contributed by atoms with E-state index in [4.69, 9.17) is 0 Å². The van der Waals surface area contributed by atoms with Crippen LogP contribution in [0.15, 0.2) is 30.6 Å². The third kappa shape index (κ3) is 5.09. The van der Waals surface area contributed by atoms with Crippen molar-refractivity contribution >= 4 is 0 Å². The number of nitrogens with zero attached hydrogens (tertiary/aromatic N) is 1. The van der Waals surface area contributed by atoms with Crippen LogP contribution in [-0.4, -0.2) is 36.8 Å². The highest BCUT2D eigenvalue weighted by Crippen LogP contribution is 2.19. The standard InChI is InChI=1S/C5H9F3N2.C5H5N/c6-5(7,8)4-3-9-1-2-10-4;1-2-4-6-5-3-1/h4,9-10H,1-3H2;1-5H. The predicted octanol–water partition coefficient (Wildman–Crippen LogP) is 1.19. The van der Waals surface area contributed by atoms with Gasteiger partial charge in [-0.1, -0.05) is 6.07 Å². The fourth-order valence-corrected chi connectivity index (χ4v) is 1.20. The minimum absolute atomic E-state index is 0.0104. The molecule has 1 saturated heterocycles. The zero-order valence-corrected chi connectivity index (χ0v) is 8.67. The third-order valence-electron chi connectivity index (χ3n) is 2.00. The van der Waals surface area contributed by atoms with Crippen molar-refractivity contribution < 1.29 is 13.2 Å². The first-order valence-electron chi connectivity index (χ1n) is 4.96. The summed E-state index contributed by atoms with van der Waals surface area (Å²) in [4.78, 5) is 3.78. The maximum atomic E-state index is 11.8. The highest BCUT2D eigenvalue weighted by molar-refractivity contribution is 4.88. The zero-order chi connectivity index (χ0) is 11.9. The normalized spacial score (nSPS) is 20.8. The van der Waals surface area contributed by atoms with E-state index in [1.165, 1.54) is 0 Å². The van der Waals surface area contributed by atoms with Gasteiger partial charge in [-0.25, -0.2) is 0 Å². The van der Waals surface area contributed by atoms with Gasteiger partial charge in [0, 0.05) is 32.0 Å². The molecule has 2 heterocycles. The monoisotopic (exact) mass is 233 g/mol. The topological polar surface area (TPSA) is 37.0 Å². The van der Waals surface area contributed by atoms with Gasteiger partial charge in [0.2, 0.25) is 0 Å². The molecule has 0 aliphatic carbocycles. The molecule has 1 atom stereocenters. The number of hydrogen-bond acceptors (Lipinski definition) is 3. The van der Waals surface area contributed by atoms with Crippen molar-refractivity contribution in [2.45, 2.75) is 12.2 Å². The molecule has 0 saturated carbocycles. The molecule has 1 aliphatic rings. The number of nitrogens with one attached hydrogen (secondary N) is 2. The molecule has 0 spiro atoms. The molecule has 1 fully saturated rings. The zero-order valence-electron chi connectivity index (χ0n) is 8.67. The molecule has 2 N–H and O–H groups in total. The van der Waals surface area contributed by atoms with E-state index >= 15 is 0 Å². The number of piperazine rings is 1. The van der Waals surface area contributed by atoms with Gasteiger partial charge in [0.15, 0.2) is 0 Å². The number of halogens is 3. The summed E-state index contributed by atoms with van der Waals surface area (Å²) >= 11 is 0. The molecule has 1 aromatic heterocycles. The molecule has 2 rings (SSSR count). The molecule has 6 heteroatoms. The Balaban J connectivity index is 0.000000181. The SMILES string of the molecule is FC(F)(F)C1CNCCN1.c1ccncc1. The van der Waals surface area contributed by atoms with Crippen LogP contribution in [0.1, 0.15) is 0 Å². The minimum Gasteiger partial charge on any atom is -0.314 e. The second-order valence-corrected chi connectivity index (χ2v) is 3.28. The molecule has 1 aliphatic heterocycles. The summed E-state index contributed by atoms with van der Waals surface area (Å²) in [7, 11) is 0. The lowest BCUT2D eigenvalue weighted by molar-refractivity contribution is -0.156. The Hall–Kier alpha value is -1.14. The average Bonchev–Trinajstić information content (AvgIpc) is 2.32. The maximum Gasteiger partial charge on any atom is 0.405 e. The second kappa shape index (κ2) is 6.44. The fourth-order valence-electron chi connectivity index (χ4n) is 1.20. The Kier molecular flexibility index (Phi) is 5.21. The molecular formula is C10H14F3N3. The predicted molar refractivity (Wildman–Crippen MR) is 55.0 cm³/mol. The van der Waals surface area contributed by atoms with Gasteiger partial charge in [-0.2, -0.15) is 13.2 Å². The first-order chi connectivity index (χ1) is 7.61. The van der Waals surface area contributed by atoms with Crippen LogP contribution in [-0.2, 0) is 0 Å². The smallest absolute Gasteiger partial charge is 0.314 e. The maximum absolute atomic E-state index is 11.8. The van der Waals surface area contributed by atoms with Gasteiger partial charge in [-0.05, 0) is 12.1 Å². The van der Waals surface area contributed by atoms with E-state index in [0.717, 1.165) is 0 Å². The van der Waals surface area contributed by atoms with Gasteiger partial charge in [0.25, 0.3) is 0 Å². The molecule has 1 aromatic rings. The Morgan fingerprint density at radius 3 is 2.00 bits per heavy atom. The summed E-state index contributed by atoms with van der Waals surface area (Å²) in [5.41, 5.74) is 0. The van der Waals surface area contributed by atoms with Crippen LogP contribution in [0.25, 0.3) is 0 Å². The van der Waals surface area contributed by atoms with Crippen LogP contribution in [0.5, 0.6) is 0 Å². The number of aromatic nitrogens is 1. The lowest BCUT2D eigenvalue weighted by Gasteiger charge is -2.26. The van der Waals surface area contributed by atoms with Gasteiger partial charge in [0.1, 0.15) is 6.04 Å². The summed E-state index contributed by atoms with van der Waals surface area (Å²) in [6.07, 6.45) is -0.604. The van der Waals surface area contributed by atoms with E-state index in [0.29, 0.717) is 13.1 Å². The third-order valence-corrected chi connectivity index (χ3v) is 2.00. The molecule has 90 valence electrons. The van der Waals surface area contributed by atoms with E-state index in [9.17, 15) is 13.2 Å². The highest BCUT2D eigenvalue weighted by atomic mass is 19.4. The fraction of sp³-hybridized carbons (Fsp3) is 0.500. The Labute approximate surface area is 92.1 Å². The van der Waals surface area contributed by atoms with Gasteiger partial charge >= 0.3 is 6.18 Å². The van der Waals surface area contributed by atoms with Crippen molar-refractivity contribution in [3.05, 3.63) is 30.6 Å². The van der Waals surface area contributed by atoms with Crippen molar-refractivity contribution in [2.24, 2.45) is 0 Å². The van der Waals surface area contributed by atoms with Crippen LogP contribution in [0.2, 0.25) is 0 Å². The van der Waals surface area contributed by atoms with Gasteiger partial charge in [0.05, 0.1) is 0 Å². The van der Waals surface area contributed by atoms with Crippen molar-refractivity contribution in [1.82, 2.24) is 15.6 Å². The Morgan fingerprint density at radius 2 is 1.75 bits per heavy atom. The van der Waals surface area contributed by atoms with Gasteiger partial charge < -0.3 is 10.6 Å². The molecule has 0 radical (unpaired) electrons. The summed E-state index contributed by atoms with van der Waals surface area (Å²) < 4.78 is 35.5. The average molecular weight is 233 g/mol. The van der Waals surface area contributed by atoms with Crippen LogP contribution in [0.3, 0.4) is 0 Å². The van der Waals surface area contributed by atoms with E-state index in [-0.39, 0.29) is 6.54 Å². The van der Waals surface area contributed by atoms with Crippen LogP contribution < -0.4 is 10.6 Å². The number of pyridine rings is 1. The summed E-state index contributed by atoms with van der Waals surface area (Å²) in [6, 6.07) is 4.36. The highest BCUT2D eigenvalue weighted by Gasteiger charge is 2.39. The molecular weight excluding hydrogens is 219 g/mol. The number of alkyl halides is 3. The lowest BCUT2D eigenvalue weighted by atomic mass is 10.2. The lowest BCUT2D eigenvalue weighted by Crippen LogP contribution is -2.55. The van der Waals surface area contributed by atoms with Gasteiger partial charge in [-0.15, -0.1) is 0 Å². The first-order valence-corrected chi connectivity index (χ1v) is 4.96. The van der Waals surface area contributed by atoms with E-state index in [2.05, 4.69) is 15.6 Å². The number of rotatable bonds is 0. The van der Waals surface area contributed by atoms with Crippen molar-refractivity contribution in [2.75, 3.05) is 19.6 Å². The van der Waals surface area contributed by atoms with Crippen molar-refractivity contribution in [1.29, 1.82) is 0 Å². The largest absolute Gasteiger partial charge is 0.405 e. The van der Waals surface area contributed by atoms with E-state index in [1.807, 2.05) is 18.2 Å². The van der Waals surface area contributed by atoms with Crippen LogP contribution >= 0.6 is 0 Å². The van der Waals surface area contributed by atoms with Crippen molar-refractivity contribution in [3.8, 4) is 0 Å². The number of hydrogen-bond donors (Lipinski definition) is 2. The van der Waals surface area contributed by atoms with Crippen molar-refractivity contribution in [3.63, 3.8) is 0 Å². The van der Waals surface area contributed by atoms with Crippen LogP contribution in [0.4, 0.5) is 13.2 Å². The minimum atomic E-state index is -4.10. The van der Waals surface area contributed by atoms with Gasteiger partial charge in [-0.3, -0.25) is 4.98 Å². The molecule has 16 heavy (non-hydrogen) atoms. The van der Waals surface area contributed by atoms with E-state index < -0.39 is 12.2 Å². The van der Waals surface area contributed by atoms with Crippen LogP contribution in [0, 0.1) is 0 Å². The summed E-state index contributed by atoms with van der Waals surface area (Å²) in [6.45, 7) is 1.00. The Morgan fingerprint density at radius 1 is 1.06 bits per heavy atom. The molecule has 3 nitrogen and oxygen atoms in total. The quantitative estimate of drug-likeness (QED) is 0.706. The Bertz CT molecular complexity index is 244. The molecule has 1 unspecified atom stereocenters. The molecule has 0 bridgehead atoms. The summed E-state index contributed by atoms with van der Waals surface area (Å²) in [5.74, 6) is 0. The summed E-state index contributed by atoms with van der Waals surface area (Å²) in [5, 5.41) is 5.03.